The predicted octanol–water partition coefficient (Wildman–Crippen LogP) is 4.87. The summed E-state index contributed by atoms with van der Waals surface area (Å²) in [5.41, 5.74) is -1.55. The molecule has 2 bridgehead atoms. The Hall–Kier alpha value is -3.00. The van der Waals surface area contributed by atoms with Gasteiger partial charge in [0.1, 0.15) is 29.4 Å². The Kier molecular flexibility index (Phi) is 8.90. The van der Waals surface area contributed by atoms with E-state index >= 15 is 4.39 Å². The number of amides is 2. The van der Waals surface area contributed by atoms with Crippen molar-refractivity contribution in [2.45, 2.75) is 71.1 Å². The highest BCUT2D eigenvalue weighted by molar-refractivity contribution is 9.10. The van der Waals surface area contributed by atoms with Crippen LogP contribution in [0.1, 0.15) is 53.4 Å². The number of ether oxygens (including phenoxy) is 3. The molecular weight excluding hydrogens is 632 g/mol. The van der Waals surface area contributed by atoms with Gasteiger partial charge >= 0.3 is 18.2 Å². The van der Waals surface area contributed by atoms with Gasteiger partial charge in [-0.25, -0.2) is 18.4 Å². The standard InChI is InChI=1S/C29H38BrF2N5O6/c1-5-6-9-41-27(40)37-17-7-8-18(37)12-35(11-17)24-19-10-20(31)21(30)22(32)23(19)33-25(34-24)42-16-29(15-38)13-36(14-29)26(39)43-28(2,3)4/h10,17-18,38H,5-9,11-16H2,1-4H3. The number of aromatic nitrogens is 2. The van der Waals surface area contributed by atoms with Crippen molar-refractivity contribution in [3.05, 3.63) is 22.2 Å². The number of unbranched alkanes of at least 4 members (excludes halogenated alkanes) is 1. The number of benzene rings is 1. The topological polar surface area (TPSA) is 118 Å². The number of rotatable bonds is 8. The molecule has 1 aromatic heterocycles. The van der Waals surface area contributed by atoms with E-state index in [0.29, 0.717) is 25.5 Å². The predicted molar refractivity (Wildman–Crippen MR) is 157 cm³/mol. The van der Waals surface area contributed by atoms with Gasteiger partial charge < -0.3 is 29.1 Å². The van der Waals surface area contributed by atoms with Crippen LogP contribution in [-0.4, -0.2) is 101 Å². The maximum absolute atomic E-state index is 15.3. The van der Waals surface area contributed by atoms with Gasteiger partial charge in [-0.05, 0) is 62.0 Å². The van der Waals surface area contributed by atoms with E-state index in [2.05, 4.69) is 25.9 Å². The van der Waals surface area contributed by atoms with Gasteiger partial charge in [0.2, 0.25) is 0 Å². The summed E-state index contributed by atoms with van der Waals surface area (Å²) in [4.78, 5) is 39.3. The summed E-state index contributed by atoms with van der Waals surface area (Å²) < 4.78 is 46.5. The maximum atomic E-state index is 15.3. The number of aliphatic hydroxyl groups excluding tert-OH is 1. The van der Waals surface area contributed by atoms with Gasteiger partial charge in [0.15, 0.2) is 5.82 Å². The van der Waals surface area contributed by atoms with Crippen LogP contribution in [0.25, 0.3) is 10.9 Å². The van der Waals surface area contributed by atoms with E-state index in [9.17, 15) is 19.1 Å². The van der Waals surface area contributed by atoms with Crippen molar-refractivity contribution in [1.29, 1.82) is 0 Å². The molecule has 2 unspecified atom stereocenters. The van der Waals surface area contributed by atoms with Gasteiger partial charge in [0, 0.05) is 31.6 Å². The third-order valence-corrected chi connectivity index (χ3v) is 8.78. The summed E-state index contributed by atoms with van der Waals surface area (Å²) in [7, 11) is 0. The number of nitrogens with zero attached hydrogens (tertiary/aromatic N) is 5. The molecule has 2 amide bonds. The number of halogens is 3. The van der Waals surface area contributed by atoms with Crippen molar-refractivity contribution in [3.8, 4) is 6.01 Å². The van der Waals surface area contributed by atoms with Crippen LogP contribution in [0.3, 0.4) is 0 Å². The van der Waals surface area contributed by atoms with Crippen LogP contribution in [0.15, 0.2) is 10.5 Å². The maximum Gasteiger partial charge on any atom is 0.410 e. The molecule has 1 aromatic carbocycles. The summed E-state index contributed by atoms with van der Waals surface area (Å²) in [5.74, 6) is -1.38. The molecule has 14 heteroatoms. The fourth-order valence-corrected chi connectivity index (χ4v) is 6.17. The molecule has 5 rings (SSSR count). The normalized spacial score (nSPS) is 21.2. The molecule has 236 valence electrons. The molecule has 2 atom stereocenters. The summed E-state index contributed by atoms with van der Waals surface area (Å²) in [6.07, 6.45) is 2.44. The Morgan fingerprint density at radius 2 is 1.81 bits per heavy atom. The first-order chi connectivity index (χ1) is 20.3. The minimum absolute atomic E-state index is 0.0413. The lowest BCUT2D eigenvalue weighted by Crippen LogP contribution is -2.63. The highest BCUT2D eigenvalue weighted by atomic mass is 79.9. The van der Waals surface area contributed by atoms with Crippen LogP contribution >= 0.6 is 15.9 Å². The lowest BCUT2D eigenvalue weighted by Gasteiger charge is -2.48. The first-order valence-corrected chi connectivity index (χ1v) is 15.4. The summed E-state index contributed by atoms with van der Waals surface area (Å²) >= 11 is 2.96. The second kappa shape index (κ2) is 12.2. The highest BCUT2D eigenvalue weighted by Gasteiger charge is 2.48. The fraction of sp³-hybridized carbons (Fsp3) is 0.655. The molecule has 3 saturated heterocycles. The number of hydrogen-bond donors (Lipinski definition) is 1. The zero-order valence-corrected chi connectivity index (χ0v) is 26.5. The number of hydrogen-bond acceptors (Lipinski definition) is 9. The number of likely N-dealkylation sites (tertiary alicyclic amines) is 1. The minimum Gasteiger partial charge on any atom is -0.463 e. The largest absolute Gasteiger partial charge is 0.463 e. The number of anilines is 1. The third-order valence-electron chi connectivity index (χ3n) is 8.05. The van der Waals surface area contributed by atoms with Gasteiger partial charge in [-0.3, -0.25) is 4.90 Å². The van der Waals surface area contributed by atoms with Crippen molar-refractivity contribution >= 4 is 44.8 Å². The van der Waals surface area contributed by atoms with Crippen LogP contribution in [0.5, 0.6) is 6.01 Å². The average Bonchev–Trinajstić information content (AvgIpc) is 3.19. The first kappa shape index (κ1) is 31.4. The van der Waals surface area contributed by atoms with Gasteiger partial charge in [0.05, 0.1) is 35.2 Å². The molecule has 4 heterocycles. The zero-order chi connectivity index (χ0) is 31.1. The lowest BCUT2D eigenvalue weighted by atomic mass is 9.82. The third kappa shape index (κ3) is 6.45. The number of carbonyl (C=O) groups excluding carboxylic acids is 2. The van der Waals surface area contributed by atoms with Gasteiger partial charge in [0.25, 0.3) is 0 Å². The molecule has 0 aliphatic carbocycles. The molecule has 1 N–H and O–H groups in total. The van der Waals surface area contributed by atoms with Crippen molar-refractivity contribution in [2.24, 2.45) is 5.41 Å². The quantitative estimate of drug-likeness (QED) is 0.310. The molecule has 11 nitrogen and oxygen atoms in total. The minimum atomic E-state index is -0.888. The Balaban J connectivity index is 1.37. The molecule has 3 aliphatic heterocycles. The molecular formula is C29H38BrF2N5O6. The molecule has 3 aliphatic rings. The molecule has 0 radical (unpaired) electrons. The van der Waals surface area contributed by atoms with E-state index in [-0.39, 0.29) is 65.9 Å². The van der Waals surface area contributed by atoms with Crippen molar-refractivity contribution in [3.63, 3.8) is 0 Å². The van der Waals surface area contributed by atoms with E-state index in [1.165, 1.54) is 11.0 Å². The van der Waals surface area contributed by atoms with Crippen molar-refractivity contribution < 1.29 is 37.7 Å². The summed E-state index contributed by atoms with van der Waals surface area (Å²) in [6, 6.07) is 0.768. The van der Waals surface area contributed by atoms with E-state index in [1.807, 2.05) is 11.8 Å². The Bertz CT molecular complexity index is 1370. The Morgan fingerprint density at radius 3 is 2.42 bits per heavy atom. The number of aliphatic hydroxyl groups is 1. The summed E-state index contributed by atoms with van der Waals surface area (Å²) in [6.45, 7) is 8.60. The monoisotopic (exact) mass is 669 g/mol. The van der Waals surface area contributed by atoms with Gasteiger partial charge in [-0.1, -0.05) is 13.3 Å². The van der Waals surface area contributed by atoms with Crippen LogP contribution in [0.4, 0.5) is 24.2 Å². The molecule has 43 heavy (non-hydrogen) atoms. The second-order valence-electron chi connectivity index (χ2n) is 12.7. The van der Waals surface area contributed by atoms with Crippen LogP contribution in [0, 0.1) is 17.0 Å². The van der Waals surface area contributed by atoms with Crippen molar-refractivity contribution in [1.82, 2.24) is 19.8 Å². The van der Waals surface area contributed by atoms with E-state index in [0.717, 1.165) is 25.7 Å². The number of fused-ring (bicyclic) bond motifs is 3. The molecule has 0 saturated carbocycles. The summed E-state index contributed by atoms with van der Waals surface area (Å²) in [5, 5.41) is 10.3. The van der Waals surface area contributed by atoms with E-state index in [1.54, 1.807) is 25.7 Å². The number of carbonyl (C=O) groups is 2. The van der Waals surface area contributed by atoms with Gasteiger partial charge in [-0.2, -0.15) is 9.97 Å². The van der Waals surface area contributed by atoms with Crippen molar-refractivity contribution in [2.75, 3.05) is 50.9 Å². The SMILES string of the molecule is CCCCOC(=O)N1C2CCC1CN(c1nc(OCC3(CO)CN(C(=O)OC(C)(C)C)C3)nc3c(F)c(Br)c(F)cc13)C2. The molecule has 3 fully saturated rings. The zero-order valence-electron chi connectivity index (χ0n) is 24.9. The second-order valence-corrected chi connectivity index (χ2v) is 13.5. The van der Waals surface area contributed by atoms with E-state index < -0.39 is 28.7 Å². The van der Waals surface area contributed by atoms with E-state index in [4.69, 9.17) is 14.2 Å². The lowest BCUT2D eigenvalue weighted by molar-refractivity contribution is -0.0753. The Labute approximate surface area is 257 Å². The molecule has 2 aromatic rings. The highest BCUT2D eigenvalue weighted by Crippen LogP contribution is 2.39. The first-order valence-electron chi connectivity index (χ1n) is 14.6. The van der Waals surface area contributed by atoms with Crippen LogP contribution in [0.2, 0.25) is 0 Å². The fourth-order valence-electron chi connectivity index (χ4n) is 5.87. The average molecular weight is 671 g/mol. The van der Waals surface area contributed by atoms with Crippen LogP contribution in [-0.2, 0) is 9.47 Å². The number of piperazine rings is 1. The molecule has 0 spiro atoms. The smallest absolute Gasteiger partial charge is 0.410 e. The van der Waals surface area contributed by atoms with Gasteiger partial charge in [-0.15, -0.1) is 0 Å². The Morgan fingerprint density at radius 1 is 1.14 bits per heavy atom. The van der Waals surface area contributed by atoms with Crippen LogP contribution < -0.4 is 9.64 Å².